The van der Waals surface area contributed by atoms with Gasteiger partial charge in [-0.05, 0) is 24.6 Å². The minimum Gasteiger partial charge on any atom is -0.493 e. The molecule has 1 unspecified atom stereocenters. The lowest BCUT2D eigenvalue weighted by molar-refractivity contribution is 0.0743. The fourth-order valence-electron chi connectivity index (χ4n) is 3.44. The molecular weight excluding hydrogens is 463 g/mol. The van der Waals surface area contributed by atoms with Crippen LogP contribution in [0.5, 0.6) is 11.5 Å². The fraction of sp³-hybridized carbons (Fsp3) is 0.350. The van der Waals surface area contributed by atoms with Crippen molar-refractivity contribution < 1.29 is 35.5 Å². The molecule has 0 bridgehead atoms. The number of rotatable bonds is 7. The monoisotopic (exact) mass is 486 g/mol. The maximum Gasteiger partial charge on any atom is 0.262 e. The molecule has 0 spiro atoms. The molecule has 0 saturated carbocycles. The Morgan fingerprint density at radius 1 is 1.19 bits per heavy atom. The largest absolute Gasteiger partial charge is 0.493 e. The topological polar surface area (TPSA) is 119 Å². The molecule has 0 radical (unpaired) electrons. The normalized spacial score (nSPS) is 17.6. The average Bonchev–Trinajstić information content (AvgIpc) is 3.12. The summed E-state index contributed by atoms with van der Waals surface area (Å²) in [5.41, 5.74) is -0.393. The highest BCUT2D eigenvalue weighted by Gasteiger charge is 2.35. The van der Waals surface area contributed by atoms with E-state index in [9.17, 15) is 26.0 Å². The van der Waals surface area contributed by atoms with Gasteiger partial charge in [0, 0.05) is 19.2 Å². The van der Waals surface area contributed by atoms with Crippen molar-refractivity contribution >= 4 is 31.5 Å². The highest BCUT2D eigenvalue weighted by molar-refractivity contribution is 7.92. The molecule has 1 aliphatic heterocycles. The van der Waals surface area contributed by atoms with Crippen LogP contribution in [0, 0.1) is 5.82 Å². The summed E-state index contributed by atoms with van der Waals surface area (Å²) >= 11 is 0. The van der Waals surface area contributed by atoms with Gasteiger partial charge in [0.15, 0.2) is 21.3 Å². The third kappa shape index (κ3) is 4.80. The number of sulfone groups is 1. The number of para-hydroxylation sites is 1. The van der Waals surface area contributed by atoms with E-state index in [2.05, 4.69) is 4.72 Å². The van der Waals surface area contributed by atoms with Crippen LogP contribution >= 0.6 is 0 Å². The Balaban J connectivity index is 2.04. The Hall–Kier alpha value is -2.86. The summed E-state index contributed by atoms with van der Waals surface area (Å²) in [4.78, 5) is 14.1. The van der Waals surface area contributed by atoms with Gasteiger partial charge in [-0.3, -0.25) is 9.52 Å². The highest BCUT2D eigenvalue weighted by Crippen LogP contribution is 2.36. The number of ether oxygens (including phenoxy) is 2. The summed E-state index contributed by atoms with van der Waals surface area (Å²) in [5.74, 6) is -1.65. The van der Waals surface area contributed by atoms with Gasteiger partial charge in [0.2, 0.25) is 0 Å². The van der Waals surface area contributed by atoms with Crippen LogP contribution < -0.4 is 14.2 Å². The molecular formula is C20H23FN2O7S2. The number of carbonyl (C=O) groups excluding carboxylic acids is 1. The van der Waals surface area contributed by atoms with E-state index in [1.165, 1.54) is 44.4 Å². The first kappa shape index (κ1) is 23.8. The van der Waals surface area contributed by atoms with Crippen molar-refractivity contribution in [1.82, 2.24) is 4.90 Å². The maximum atomic E-state index is 14.0. The van der Waals surface area contributed by atoms with Crippen LogP contribution in [0.4, 0.5) is 10.1 Å². The van der Waals surface area contributed by atoms with E-state index < -0.39 is 37.6 Å². The SMILES string of the molecule is COc1cc(S(=O)(=O)Nc2ccccc2F)cc(C(=O)N(C)C2CCS(=O)(=O)C2)c1OC. The summed E-state index contributed by atoms with van der Waals surface area (Å²) in [5, 5.41) is 0. The molecule has 1 amide bonds. The second-order valence-corrected chi connectivity index (χ2v) is 11.2. The van der Waals surface area contributed by atoms with Gasteiger partial charge in [0.05, 0.1) is 41.9 Å². The number of methoxy groups -OCH3 is 2. The van der Waals surface area contributed by atoms with Crippen LogP contribution in [-0.2, 0) is 19.9 Å². The zero-order valence-corrected chi connectivity index (χ0v) is 19.3. The van der Waals surface area contributed by atoms with E-state index >= 15 is 0 Å². The molecule has 1 fully saturated rings. The van der Waals surface area contributed by atoms with Crippen molar-refractivity contribution in [1.29, 1.82) is 0 Å². The standard InChI is InChI=1S/C20H23FN2O7S2/c1-23(13-8-9-31(25,26)12-13)20(24)15-10-14(11-18(29-2)19(15)30-3)32(27,28)22-17-7-5-4-6-16(17)21/h4-7,10-11,13,22H,8-9,12H2,1-3H3. The summed E-state index contributed by atoms with van der Waals surface area (Å²) in [6.45, 7) is 0. The molecule has 9 nitrogen and oxygen atoms in total. The van der Waals surface area contributed by atoms with Gasteiger partial charge in [-0.25, -0.2) is 21.2 Å². The van der Waals surface area contributed by atoms with Crippen LogP contribution in [-0.4, -0.2) is 66.5 Å². The van der Waals surface area contributed by atoms with Crippen LogP contribution in [0.25, 0.3) is 0 Å². The van der Waals surface area contributed by atoms with E-state index in [1.807, 2.05) is 0 Å². The molecule has 0 aromatic heterocycles. The third-order valence-electron chi connectivity index (χ3n) is 5.19. The number of nitrogens with zero attached hydrogens (tertiary/aromatic N) is 1. The number of halogens is 1. The van der Waals surface area contributed by atoms with E-state index in [-0.39, 0.29) is 45.6 Å². The molecule has 1 heterocycles. The first-order chi connectivity index (χ1) is 15.0. The molecule has 0 aliphatic carbocycles. The summed E-state index contributed by atoms with van der Waals surface area (Å²) in [7, 11) is -3.54. The van der Waals surface area contributed by atoms with Crippen molar-refractivity contribution in [2.75, 3.05) is 37.5 Å². The molecule has 3 rings (SSSR count). The average molecular weight is 487 g/mol. The predicted molar refractivity (Wildman–Crippen MR) is 116 cm³/mol. The van der Waals surface area contributed by atoms with Gasteiger partial charge in [-0.15, -0.1) is 0 Å². The number of sulfonamides is 1. The van der Waals surface area contributed by atoms with Gasteiger partial charge in [-0.2, -0.15) is 0 Å². The smallest absolute Gasteiger partial charge is 0.262 e. The first-order valence-electron chi connectivity index (χ1n) is 9.50. The van der Waals surface area contributed by atoms with Gasteiger partial charge in [-0.1, -0.05) is 12.1 Å². The maximum absolute atomic E-state index is 14.0. The lowest BCUT2D eigenvalue weighted by Gasteiger charge is -2.25. The van der Waals surface area contributed by atoms with Crippen LogP contribution in [0.3, 0.4) is 0 Å². The zero-order chi connectivity index (χ0) is 23.7. The molecule has 1 saturated heterocycles. The summed E-state index contributed by atoms with van der Waals surface area (Å²) in [6.07, 6.45) is 0.275. The predicted octanol–water partition coefficient (Wildman–Crippen LogP) is 1.90. The number of anilines is 1. The molecule has 2 aromatic rings. The molecule has 32 heavy (non-hydrogen) atoms. The van der Waals surface area contributed by atoms with Gasteiger partial charge >= 0.3 is 0 Å². The molecule has 12 heteroatoms. The molecule has 1 atom stereocenters. The highest BCUT2D eigenvalue weighted by atomic mass is 32.2. The summed E-state index contributed by atoms with van der Waals surface area (Å²) < 4.78 is 76.1. The zero-order valence-electron chi connectivity index (χ0n) is 17.7. The van der Waals surface area contributed by atoms with E-state index in [1.54, 1.807) is 0 Å². The lowest BCUT2D eigenvalue weighted by Crippen LogP contribution is -2.38. The Morgan fingerprint density at radius 2 is 1.88 bits per heavy atom. The van der Waals surface area contributed by atoms with E-state index in [4.69, 9.17) is 9.47 Å². The van der Waals surface area contributed by atoms with Crippen LogP contribution in [0.15, 0.2) is 41.3 Å². The summed E-state index contributed by atoms with van der Waals surface area (Å²) in [6, 6.07) is 6.93. The van der Waals surface area contributed by atoms with Gasteiger partial charge in [0.25, 0.3) is 15.9 Å². The number of amides is 1. The second-order valence-electron chi connectivity index (χ2n) is 7.26. The number of carbonyl (C=O) groups is 1. The van der Waals surface area contributed by atoms with Crippen molar-refractivity contribution in [3.8, 4) is 11.5 Å². The quantitative estimate of drug-likeness (QED) is 0.635. The van der Waals surface area contributed by atoms with Gasteiger partial charge in [0.1, 0.15) is 5.82 Å². The van der Waals surface area contributed by atoms with Crippen molar-refractivity contribution in [2.45, 2.75) is 17.4 Å². The van der Waals surface area contributed by atoms with E-state index in [0.29, 0.717) is 0 Å². The minimum absolute atomic E-state index is 0.00459. The third-order valence-corrected chi connectivity index (χ3v) is 8.28. The Bertz CT molecular complexity index is 1250. The number of benzene rings is 2. The molecule has 2 aromatic carbocycles. The van der Waals surface area contributed by atoms with Gasteiger partial charge < -0.3 is 14.4 Å². The van der Waals surface area contributed by atoms with Crippen molar-refractivity contribution in [3.63, 3.8) is 0 Å². The van der Waals surface area contributed by atoms with Crippen molar-refractivity contribution in [3.05, 3.63) is 47.8 Å². The number of hydrogen-bond acceptors (Lipinski definition) is 7. The number of hydrogen-bond donors (Lipinski definition) is 1. The fourth-order valence-corrected chi connectivity index (χ4v) is 6.32. The first-order valence-corrected chi connectivity index (χ1v) is 12.8. The minimum atomic E-state index is -4.30. The molecule has 1 aliphatic rings. The van der Waals surface area contributed by atoms with Crippen molar-refractivity contribution in [2.24, 2.45) is 0 Å². The lowest BCUT2D eigenvalue weighted by atomic mass is 10.1. The number of nitrogens with one attached hydrogen (secondary N) is 1. The van der Waals surface area contributed by atoms with Crippen LogP contribution in [0.2, 0.25) is 0 Å². The Morgan fingerprint density at radius 3 is 2.44 bits per heavy atom. The Labute approximate surface area is 186 Å². The van der Waals surface area contributed by atoms with E-state index in [0.717, 1.165) is 18.2 Å². The Kier molecular flexibility index (Phi) is 6.65. The molecule has 1 N–H and O–H groups in total. The second kappa shape index (κ2) is 8.94. The molecule has 174 valence electrons. The van der Waals surface area contributed by atoms with Crippen LogP contribution in [0.1, 0.15) is 16.8 Å².